The third-order valence-corrected chi connectivity index (χ3v) is 5.08. The maximum Gasteiger partial charge on any atom is 0.191 e. The van der Waals surface area contributed by atoms with Crippen molar-refractivity contribution in [3.8, 4) is 5.75 Å². The van der Waals surface area contributed by atoms with Crippen molar-refractivity contribution < 1.29 is 9.47 Å². The highest BCUT2D eigenvalue weighted by molar-refractivity contribution is 5.79. The van der Waals surface area contributed by atoms with Gasteiger partial charge in [-0.2, -0.15) is 0 Å². The minimum atomic E-state index is 0.328. The van der Waals surface area contributed by atoms with Gasteiger partial charge in [0, 0.05) is 51.1 Å². The van der Waals surface area contributed by atoms with E-state index in [-0.39, 0.29) is 0 Å². The molecule has 1 aromatic carbocycles. The van der Waals surface area contributed by atoms with Crippen molar-refractivity contribution in [1.29, 1.82) is 0 Å². The van der Waals surface area contributed by atoms with E-state index in [1.807, 2.05) is 6.07 Å². The summed E-state index contributed by atoms with van der Waals surface area (Å²) in [5.41, 5.74) is 1.24. The van der Waals surface area contributed by atoms with Crippen molar-refractivity contribution >= 4 is 11.6 Å². The molecular weight excluding hydrogens is 328 g/mol. The van der Waals surface area contributed by atoms with Crippen LogP contribution in [0.3, 0.4) is 0 Å². The number of nitrogens with zero attached hydrogens (tertiary/aromatic N) is 2. The summed E-state index contributed by atoms with van der Waals surface area (Å²) in [6, 6.07) is 8.31. The number of hydrogen-bond donors (Lipinski definition) is 2. The average Bonchev–Trinajstić information content (AvgIpc) is 3.36. The average molecular weight is 361 g/mol. The molecule has 0 saturated carbocycles. The number of ether oxygens (including phenoxy) is 2. The van der Waals surface area contributed by atoms with Crippen molar-refractivity contribution in [1.82, 2.24) is 10.6 Å². The van der Waals surface area contributed by atoms with Crippen LogP contribution in [0.5, 0.6) is 5.75 Å². The quantitative estimate of drug-likeness (QED) is 0.577. The van der Waals surface area contributed by atoms with E-state index in [1.165, 1.54) is 18.5 Å². The van der Waals surface area contributed by atoms with E-state index >= 15 is 0 Å². The van der Waals surface area contributed by atoms with Crippen LogP contribution in [0.15, 0.2) is 29.3 Å². The molecule has 6 heteroatoms. The molecule has 144 valence electrons. The van der Waals surface area contributed by atoms with E-state index in [1.54, 1.807) is 7.11 Å². The summed E-state index contributed by atoms with van der Waals surface area (Å²) in [6.07, 6.45) is 3.81. The fourth-order valence-electron chi connectivity index (χ4n) is 3.60. The van der Waals surface area contributed by atoms with Gasteiger partial charge in [0.05, 0.1) is 13.2 Å². The number of benzene rings is 1. The molecule has 0 radical (unpaired) electrons. The van der Waals surface area contributed by atoms with Crippen LogP contribution in [0, 0.1) is 5.92 Å². The molecule has 2 heterocycles. The summed E-state index contributed by atoms with van der Waals surface area (Å²) in [4.78, 5) is 7.23. The lowest BCUT2D eigenvalue weighted by molar-refractivity contribution is 0.114. The van der Waals surface area contributed by atoms with Crippen LogP contribution in [-0.4, -0.2) is 58.5 Å². The molecule has 2 unspecified atom stereocenters. The number of guanidine groups is 1. The second kappa shape index (κ2) is 9.67. The van der Waals surface area contributed by atoms with Crippen LogP contribution in [0.1, 0.15) is 26.2 Å². The van der Waals surface area contributed by atoms with E-state index < -0.39 is 0 Å². The second-order valence-corrected chi connectivity index (χ2v) is 7.04. The molecule has 26 heavy (non-hydrogen) atoms. The van der Waals surface area contributed by atoms with Crippen LogP contribution in [0.2, 0.25) is 0 Å². The van der Waals surface area contributed by atoms with Crippen LogP contribution in [0.4, 0.5) is 5.69 Å². The fourth-order valence-corrected chi connectivity index (χ4v) is 3.60. The maximum atomic E-state index is 5.68. The van der Waals surface area contributed by atoms with Gasteiger partial charge in [-0.05, 0) is 44.2 Å². The maximum absolute atomic E-state index is 5.68. The molecule has 2 saturated heterocycles. The van der Waals surface area contributed by atoms with Gasteiger partial charge in [-0.3, -0.25) is 4.99 Å². The molecule has 2 atom stereocenters. The van der Waals surface area contributed by atoms with Crippen LogP contribution in [-0.2, 0) is 4.74 Å². The number of aliphatic imine (C=N–C) groups is 1. The predicted molar refractivity (Wildman–Crippen MR) is 106 cm³/mol. The highest BCUT2D eigenvalue weighted by Gasteiger charge is 2.23. The Balaban J connectivity index is 1.49. The van der Waals surface area contributed by atoms with Crippen LogP contribution < -0.4 is 20.3 Å². The predicted octanol–water partition coefficient (Wildman–Crippen LogP) is 2.26. The van der Waals surface area contributed by atoms with Crippen molar-refractivity contribution in [3.05, 3.63) is 24.3 Å². The Morgan fingerprint density at radius 2 is 2.27 bits per heavy atom. The molecule has 0 bridgehead atoms. The molecule has 2 N–H and O–H groups in total. The molecule has 2 aliphatic rings. The Morgan fingerprint density at radius 1 is 1.35 bits per heavy atom. The van der Waals surface area contributed by atoms with E-state index in [2.05, 4.69) is 40.7 Å². The lowest BCUT2D eigenvalue weighted by Crippen LogP contribution is -2.41. The number of rotatable bonds is 7. The molecule has 0 aromatic heterocycles. The lowest BCUT2D eigenvalue weighted by Gasteiger charge is -2.19. The Morgan fingerprint density at radius 3 is 3.04 bits per heavy atom. The summed E-state index contributed by atoms with van der Waals surface area (Å²) in [7, 11) is 1.71. The van der Waals surface area contributed by atoms with Gasteiger partial charge in [-0.1, -0.05) is 6.07 Å². The van der Waals surface area contributed by atoms with Crippen molar-refractivity contribution in [2.75, 3.05) is 51.3 Å². The third kappa shape index (κ3) is 5.27. The van der Waals surface area contributed by atoms with Gasteiger partial charge in [0.15, 0.2) is 5.96 Å². The Labute approximate surface area is 157 Å². The summed E-state index contributed by atoms with van der Waals surface area (Å²) >= 11 is 0. The van der Waals surface area contributed by atoms with E-state index in [9.17, 15) is 0 Å². The summed E-state index contributed by atoms with van der Waals surface area (Å²) in [5, 5.41) is 6.77. The molecule has 2 fully saturated rings. The molecule has 0 aliphatic carbocycles. The van der Waals surface area contributed by atoms with Gasteiger partial charge in [-0.25, -0.2) is 0 Å². The van der Waals surface area contributed by atoms with Crippen molar-refractivity contribution in [2.45, 2.75) is 32.3 Å². The topological polar surface area (TPSA) is 58.1 Å². The highest BCUT2D eigenvalue weighted by Crippen LogP contribution is 2.26. The fraction of sp³-hybridized carbons (Fsp3) is 0.650. The molecule has 6 nitrogen and oxygen atoms in total. The lowest BCUT2D eigenvalue weighted by atomic mass is 10.1. The van der Waals surface area contributed by atoms with Gasteiger partial charge in [0.2, 0.25) is 0 Å². The minimum Gasteiger partial charge on any atom is -0.497 e. The zero-order valence-electron chi connectivity index (χ0n) is 16.0. The SMILES string of the molecule is CCNC(=NCC1CCN(c2cccc(OC)c2)C1)NCC1CCCO1. The molecule has 1 aromatic rings. The Kier molecular flexibility index (Phi) is 7.00. The largest absolute Gasteiger partial charge is 0.497 e. The number of anilines is 1. The number of hydrogen-bond acceptors (Lipinski definition) is 4. The van der Waals surface area contributed by atoms with E-state index in [0.717, 1.165) is 57.5 Å². The zero-order valence-corrected chi connectivity index (χ0v) is 16.0. The van der Waals surface area contributed by atoms with Gasteiger partial charge >= 0.3 is 0 Å². The first kappa shape index (κ1) is 18.8. The van der Waals surface area contributed by atoms with Gasteiger partial charge in [0.1, 0.15) is 5.75 Å². The molecule has 3 rings (SSSR count). The molecular formula is C20H32N4O2. The smallest absolute Gasteiger partial charge is 0.191 e. The summed E-state index contributed by atoms with van der Waals surface area (Å²) < 4.78 is 11.0. The van der Waals surface area contributed by atoms with Gasteiger partial charge in [-0.15, -0.1) is 0 Å². The first-order valence-corrected chi connectivity index (χ1v) is 9.81. The Hall–Kier alpha value is -1.95. The zero-order chi connectivity index (χ0) is 18.2. The standard InChI is InChI=1S/C20H32N4O2/c1-3-21-20(23-14-19-8-5-11-26-19)22-13-16-9-10-24(15-16)17-6-4-7-18(12-17)25-2/h4,6-7,12,16,19H,3,5,8-11,13-15H2,1-2H3,(H2,21,22,23). The van der Waals surface area contributed by atoms with Crippen LogP contribution >= 0.6 is 0 Å². The number of nitrogens with one attached hydrogen (secondary N) is 2. The van der Waals surface area contributed by atoms with E-state index in [0.29, 0.717) is 12.0 Å². The van der Waals surface area contributed by atoms with E-state index in [4.69, 9.17) is 14.5 Å². The second-order valence-electron chi connectivity index (χ2n) is 7.04. The minimum absolute atomic E-state index is 0.328. The Bertz CT molecular complexity index is 587. The van der Waals surface area contributed by atoms with Crippen molar-refractivity contribution in [3.63, 3.8) is 0 Å². The number of methoxy groups -OCH3 is 1. The first-order chi connectivity index (χ1) is 12.8. The monoisotopic (exact) mass is 360 g/mol. The summed E-state index contributed by atoms with van der Waals surface area (Å²) in [5.74, 6) is 2.40. The van der Waals surface area contributed by atoms with Crippen molar-refractivity contribution in [2.24, 2.45) is 10.9 Å². The van der Waals surface area contributed by atoms with Crippen LogP contribution in [0.25, 0.3) is 0 Å². The van der Waals surface area contributed by atoms with Gasteiger partial charge in [0.25, 0.3) is 0 Å². The summed E-state index contributed by atoms with van der Waals surface area (Å²) in [6.45, 7) is 7.67. The highest BCUT2D eigenvalue weighted by atomic mass is 16.5. The van der Waals surface area contributed by atoms with Gasteiger partial charge < -0.3 is 25.0 Å². The molecule has 0 spiro atoms. The first-order valence-electron chi connectivity index (χ1n) is 9.81. The molecule has 2 aliphatic heterocycles. The molecule has 0 amide bonds. The normalized spacial score (nSPS) is 23.3. The third-order valence-electron chi connectivity index (χ3n) is 5.08.